The van der Waals surface area contributed by atoms with Gasteiger partial charge in [-0.2, -0.15) is 0 Å². The summed E-state index contributed by atoms with van der Waals surface area (Å²) in [6.45, 7) is 0. The van der Waals surface area contributed by atoms with E-state index in [2.05, 4.69) is 0 Å². The number of aliphatic carboxylic acids is 1. The maximum atomic E-state index is 13.7. The molecule has 21 heavy (non-hydrogen) atoms. The first-order valence-corrected chi connectivity index (χ1v) is 6.17. The van der Waals surface area contributed by atoms with Crippen molar-refractivity contribution in [2.24, 2.45) is 0 Å². The SMILES string of the molecule is O=C(O)/C=C/c1c(F)cccc1Oc1ccc(F)c(Cl)c1. The molecule has 0 radical (unpaired) electrons. The Labute approximate surface area is 124 Å². The molecule has 0 saturated carbocycles. The van der Waals surface area contributed by atoms with Crippen molar-refractivity contribution in [2.45, 2.75) is 0 Å². The summed E-state index contributed by atoms with van der Waals surface area (Å²) >= 11 is 5.63. The van der Waals surface area contributed by atoms with Gasteiger partial charge in [0.15, 0.2) is 0 Å². The second-order valence-electron chi connectivity index (χ2n) is 4.00. The standard InChI is InChI=1S/C15H9ClF2O3/c16-11-8-9(4-6-13(11)18)21-14-3-1-2-12(17)10(14)5-7-15(19)20/h1-8H,(H,19,20)/b7-5+. The van der Waals surface area contributed by atoms with E-state index in [9.17, 15) is 13.6 Å². The molecular formula is C15H9ClF2O3. The number of carbonyl (C=O) groups is 1. The Morgan fingerprint density at radius 1 is 1.19 bits per heavy atom. The Morgan fingerprint density at radius 2 is 1.95 bits per heavy atom. The van der Waals surface area contributed by atoms with Crippen LogP contribution in [0, 0.1) is 11.6 Å². The van der Waals surface area contributed by atoms with E-state index in [4.69, 9.17) is 21.4 Å². The number of carboxylic acids is 1. The van der Waals surface area contributed by atoms with Crippen molar-refractivity contribution in [3.63, 3.8) is 0 Å². The van der Waals surface area contributed by atoms with Crippen molar-refractivity contribution in [1.29, 1.82) is 0 Å². The van der Waals surface area contributed by atoms with Gasteiger partial charge in [0.1, 0.15) is 23.1 Å². The van der Waals surface area contributed by atoms with Gasteiger partial charge in [0, 0.05) is 12.1 Å². The summed E-state index contributed by atoms with van der Waals surface area (Å²) in [5, 5.41) is 8.47. The largest absolute Gasteiger partial charge is 0.478 e. The van der Waals surface area contributed by atoms with Crippen LogP contribution in [-0.4, -0.2) is 11.1 Å². The third-order valence-corrected chi connectivity index (χ3v) is 2.81. The Bertz CT molecular complexity index is 714. The highest BCUT2D eigenvalue weighted by Gasteiger charge is 2.09. The van der Waals surface area contributed by atoms with Crippen molar-refractivity contribution < 1.29 is 23.4 Å². The summed E-state index contributed by atoms with van der Waals surface area (Å²) in [5.41, 5.74) is -0.0275. The maximum Gasteiger partial charge on any atom is 0.328 e. The van der Waals surface area contributed by atoms with E-state index in [0.29, 0.717) is 0 Å². The summed E-state index contributed by atoms with van der Waals surface area (Å²) in [5.74, 6) is -2.16. The number of benzene rings is 2. The quantitative estimate of drug-likeness (QED) is 0.845. The molecule has 0 bridgehead atoms. The van der Waals surface area contributed by atoms with Crippen molar-refractivity contribution in [3.05, 3.63) is 64.7 Å². The fraction of sp³-hybridized carbons (Fsp3) is 0. The lowest BCUT2D eigenvalue weighted by molar-refractivity contribution is -0.131. The van der Waals surface area contributed by atoms with Crippen molar-refractivity contribution in [3.8, 4) is 11.5 Å². The van der Waals surface area contributed by atoms with Gasteiger partial charge in [-0.15, -0.1) is 0 Å². The Kier molecular flexibility index (Phi) is 4.55. The zero-order valence-electron chi connectivity index (χ0n) is 10.5. The first kappa shape index (κ1) is 15.0. The molecule has 0 aromatic heterocycles. The molecular weight excluding hydrogens is 302 g/mol. The highest BCUT2D eigenvalue weighted by molar-refractivity contribution is 6.30. The lowest BCUT2D eigenvalue weighted by Crippen LogP contribution is -1.93. The smallest absolute Gasteiger partial charge is 0.328 e. The van der Waals surface area contributed by atoms with E-state index in [1.54, 1.807) is 0 Å². The predicted molar refractivity (Wildman–Crippen MR) is 74.6 cm³/mol. The van der Waals surface area contributed by atoms with E-state index >= 15 is 0 Å². The Morgan fingerprint density at radius 3 is 2.62 bits per heavy atom. The number of rotatable bonds is 4. The van der Waals surface area contributed by atoms with Crippen LogP contribution in [0.2, 0.25) is 5.02 Å². The minimum absolute atomic E-state index is 0.0275. The van der Waals surface area contributed by atoms with Gasteiger partial charge in [0.2, 0.25) is 0 Å². The molecule has 108 valence electrons. The van der Waals surface area contributed by atoms with Crippen molar-refractivity contribution in [1.82, 2.24) is 0 Å². The fourth-order valence-electron chi connectivity index (χ4n) is 1.59. The molecule has 0 amide bonds. The van der Waals surface area contributed by atoms with Crippen LogP contribution in [0.5, 0.6) is 11.5 Å². The summed E-state index contributed by atoms with van der Waals surface area (Å²) in [7, 11) is 0. The molecule has 2 rings (SSSR count). The highest BCUT2D eigenvalue weighted by Crippen LogP contribution is 2.30. The van der Waals surface area contributed by atoms with Crippen LogP contribution in [-0.2, 0) is 4.79 Å². The zero-order chi connectivity index (χ0) is 15.4. The number of hydrogen-bond acceptors (Lipinski definition) is 2. The number of ether oxygens (including phenoxy) is 1. The number of carboxylic acid groups (broad SMARTS) is 1. The van der Waals surface area contributed by atoms with Crippen LogP contribution in [0.3, 0.4) is 0 Å². The fourth-order valence-corrected chi connectivity index (χ4v) is 1.76. The summed E-state index contributed by atoms with van der Waals surface area (Å²) in [4.78, 5) is 10.5. The monoisotopic (exact) mass is 310 g/mol. The molecule has 1 N–H and O–H groups in total. The van der Waals surface area contributed by atoms with Gasteiger partial charge in [0.05, 0.1) is 10.6 Å². The topological polar surface area (TPSA) is 46.5 Å². The minimum atomic E-state index is -1.21. The molecule has 0 fully saturated rings. The van der Waals surface area contributed by atoms with Gasteiger partial charge in [-0.1, -0.05) is 17.7 Å². The molecule has 2 aromatic carbocycles. The highest BCUT2D eigenvalue weighted by atomic mass is 35.5. The molecule has 3 nitrogen and oxygen atoms in total. The summed E-state index contributed by atoms with van der Waals surface area (Å²) in [6.07, 6.45) is 1.88. The van der Waals surface area contributed by atoms with Gasteiger partial charge in [0.25, 0.3) is 0 Å². The van der Waals surface area contributed by atoms with Crippen LogP contribution < -0.4 is 4.74 Å². The van der Waals surface area contributed by atoms with Gasteiger partial charge < -0.3 is 9.84 Å². The third-order valence-electron chi connectivity index (χ3n) is 2.52. The van der Waals surface area contributed by atoms with Crippen LogP contribution in [0.25, 0.3) is 6.08 Å². The van der Waals surface area contributed by atoms with Crippen LogP contribution in [0.1, 0.15) is 5.56 Å². The van der Waals surface area contributed by atoms with Crippen molar-refractivity contribution in [2.75, 3.05) is 0 Å². The third kappa shape index (κ3) is 3.79. The van der Waals surface area contributed by atoms with Crippen LogP contribution in [0.15, 0.2) is 42.5 Å². The van der Waals surface area contributed by atoms with Crippen LogP contribution >= 0.6 is 11.6 Å². The van der Waals surface area contributed by atoms with Crippen LogP contribution in [0.4, 0.5) is 8.78 Å². The average molecular weight is 311 g/mol. The van der Waals surface area contributed by atoms with Crippen molar-refractivity contribution >= 4 is 23.6 Å². The maximum absolute atomic E-state index is 13.7. The number of halogens is 3. The van der Waals surface area contributed by atoms with E-state index in [1.165, 1.54) is 30.3 Å². The molecule has 0 aliphatic rings. The zero-order valence-corrected chi connectivity index (χ0v) is 11.3. The molecule has 6 heteroatoms. The Hall–Kier alpha value is -2.40. The lowest BCUT2D eigenvalue weighted by Gasteiger charge is -2.10. The summed E-state index contributed by atoms with van der Waals surface area (Å²) in [6, 6.07) is 7.73. The predicted octanol–water partition coefficient (Wildman–Crippen LogP) is 4.51. The number of hydrogen-bond donors (Lipinski definition) is 1. The molecule has 0 heterocycles. The molecule has 0 aliphatic carbocycles. The van der Waals surface area contributed by atoms with E-state index in [1.807, 2.05) is 0 Å². The second-order valence-corrected chi connectivity index (χ2v) is 4.41. The minimum Gasteiger partial charge on any atom is -0.478 e. The van der Waals surface area contributed by atoms with E-state index in [-0.39, 0.29) is 22.1 Å². The first-order chi connectivity index (χ1) is 9.97. The summed E-state index contributed by atoms with van der Waals surface area (Å²) < 4.78 is 32.2. The molecule has 0 atom stereocenters. The molecule has 0 spiro atoms. The van der Waals surface area contributed by atoms with Gasteiger partial charge >= 0.3 is 5.97 Å². The second kappa shape index (κ2) is 6.37. The van der Waals surface area contributed by atoms with Gasteiger partial charge in [-0.3, -0.25) is 0 Å². The Balaban J connectivity index is 2.37. The molecule has 0 unspecified atom stereocenters. The van der Waals surface area contributed by atoms with E-state index < -0.39 is 17.6 Å². The first-order valence-electron chi connectivity index (χ1n) is 5.80. The van der Waals surface area contributed by atoms with Gasteiger partial charge in [-0.05, 0) is 30.3 Å². The van der Waals surface area contributed by atoms with E-state index in [0.717, 1.165) is 18.2 Å². The lowest BCUT2D eigenvalue weighted by atomic mass is 10.1. The van der Waals surface area contributed by atoms with Gasteiger partial charge in [-0.25, -0.2) is 13.6 Å². The average Bonchev–Trinajstić information content (AvgIpc) is 2.42. The molecule has 2 aromatic rings. The molecule has 0 aliphatic heterocycles. The normalized spacial score (nSPS) is 10.8. The molecule has 0 saturated heterocycles.